The Morgan fingerprint density at radius 3 is 1.61 bits per heavy atom. The molecule has 2 aliphatic rings. The van der Waals surface area contributed by atoms with Crippen molar-refractivity contribution < 1.29 is 63.9 Å². The Labute approximate surface area is 291 Å². The molecular weight excluding hydrogens is 640 g/mol. The smallest absolute Gasteiger partial charge is 0.305 e. The Hall–Kier alpha value is -1.94. The van der Waals surface area contributed by atoms with Gasteiger partial charge in [-0.3, -0.25) is 9.59 Å². The van der Waals surface area contributed by atoms with Gasteiger partial charge in [-0.25, -0.2) is 0 Å². The number of ether oxygens (including phenoxy) is 5. The zero-order chi connectivity index (χ0) is 36.1. The zero-order valence-electron chi connectivity index (χ0n) is 29.4. The normalized spacial score (nSPS) is 30.4. The number of carbonyl (C=O) groups excluding carboxylic acids is 2. The lowest BCUT2D eigenvalue weighted by Crippen LogP contribution is -2.62. The van der Waals surface area contributed by atoms with E-state index < -0.39 is 86.6 Å². The van der Waals surface area contributed by atoms with Crippen LogP contribution in [0.2, 0.25) is 0 Å². The maximum atomic E-state index is 12.3. The van der Waals surface area contributed by atoms with Crippen molar-refractivity contribution in [3.63, 3.8) is 0 Å². The van der Waals surface area contributed by atoms with E-state index in [0.717, 1.165) is 25.7 Å². The van der Waals surface area contributed by atoms with Crippen LogP contribution in [0, 0.1) is 0 Å². The first-order valence-corrected chi connectivity index (χ1v) is 18.2. The fourth-order valence-electron chi connectivity index (χ4n) is 5.68. The highest BCUT2D eigenvalue weighted by atomic mass is 16.8. The number of aliphatic hydroxyl groups excluding tert-OH is 6. The molecule has 13 heteroatoms. The number of aliphatic hydroxyl groups is 6. The molecule has 13 nitrogen and oxygen atoms in total. The molecule has 2 aliphatic heterocycles. The van der Waals surface area contributed by atoms with Crippen molar-refractivity contribution in [3.8, 4) is 0 Å². The molecule has 2 fully saturated rings. The molecule has 0 aromatic carbocycles. The third-order valence-electron chi connectivity index (χ3n) is 8.81. The third kappa shape index (κ3) is 15.1. The minimum absolute atomic E-state index is 0.127. The monoisotopic (exact) mass is 702 g/mol. The molecular formula is C36H62O13. The summed E-state index contributed by atoms with van der Waals surface area (Å²) in [7, 11) is 0. The van der Waals surface area contributed by atoms with Crippen molar-refractivity contribution >= 4 is 11.9 Å². The standard InChI is InChI=1S/C36H62O13/c1-3-5-7-9-11-13-15-17-19-21-28(38)45-23-26-30(40)32(42)33(43)35(47-26)49-36(25-37)34(44)31(41)27(48-36)24-46-29(39)22-20-18-16-14-12-10-8-6-4-2/h13-16,26-27,30-35,37,40-44H,3-12,17-25H2,1-2H3/b15-13-,16-14-/t26-,27-,30-,31-,32+,33-,34+,35-,36+/m1/s1. The average Bonchev–Trinajstić information content (AvgIpc) is 3.33. The van der Waals surface area contributed by atoms with Crippen molar-refractivity contribution in [1.29, 1.82) is 0 Å². The van der Waals surface area contributed by atoms with Crippen molar-refractivity contribution in [2.24, 2.45) is 0 Å². The first-order chi connectivity index (χ1) is 23.6. The van der Waals surface area contributed by atoms with Gasteiger partial charge in [0.05, 0.1) is 0 Å². The molecule has 2 saturated heterocycles. The van der Waals surface area contributed by atoms with Crippen LogP contribution in [0.3, 0.4) is 0 Å². The van der Waals surface area contributed by atoms with Crippen LogP contribution in [0.25, 0.3) is 0 Å². The van der Waals surface area contributed by atoms with Gasteiger partial charge < -0.3 is 54.3 Å². The van der Waals surface area contributed by atoms with Crippen LogP contribution < -0.4 is 0 Å². The van der Waals surface area contributed by atoms with Crippen LogP contribution in [0.15, 0.2) is 24.3 Å². The van der Waals surface area contributed by atoms with Crippen LogP contribution in [-0.2, 0) is 33.3 Å². The second kappa shape index (κ2) is 24.3. The Kier molecular flexibility index (Phi) is 21.4. The first-order valence-electron chi connectivity index (χ1n) is 18.2. The molecule has 0 saturated carbocycles. The minimum atomic E-state index is -2.34. The van der Waals surface area contributed by atoms with Crippen LogP contribution in [0.1, 0.15) is 117 Å². The number of hydrogen-bond donors (Lipinski definition) is 6. The Morgan fingerprint density at radius 1 is 0.633 bits per heavy atom. The van der Waals surface area contributed by atoms with E-state index in [1.165, 1.54) is 38.5 Å². The van der Waals surface area contributed by atoms with E-state index in [9.17, 15) is 40.2 Å². The van der Waals surface area contributed by atoms with E-state index in [2.05, 4.69) is 26.0 Å². The molecule has 2 heterocycles. The summed E-state index contributed by atoms with van der Waals surface area (Å²) in [5, 5.41) is 63.0. The second-order valence-corrected chi connectivity index (χ2v) is 13.0. The van der Waals surface area contributed by atoms with Gasteiger partial charge in [-0.05, 0) is 51.4 Å². The number of unbranched alkanes of at least 4 members (excludes halogenated alkanes) is 10. The fourth-order valence-corrected chi connectivity index (χ4v) is 5.68. The molecule has 0 amide bonds. The molecule has 49 heavy (non-hydrogen) atoms. The maximum absolute atomic E-state index is 12.3. The van der Waals surface area contributed by atoms with E-state index in [-0.39, 0.29) is 12.8 Å². The van der Waals surface area contributed by atoms with Crippen LogP contribution in [-0.4, -0.2) is 117 Å². The molecule has 0 unspecified atom stereocenters. The second-order valence-electron chi connectivity index (χ2n) is 13.0. The van der Waals surface area contributed by atoms with Gasteiger partial charge in [0.2, 0.25) is 5.79 Å². The van der Waals surface area contributed by atoms with Crippen molar-refractivity contribution in [2.75, 3.05) is 19.8 Å². The van der Waals surface area contributed by atoms with Gasteiger partial charge in [-0.15, -0.1) is 0 Å². The lowest BCUT2D eigenvalue weighted by Gasteiger charge is -2.43. The van der Waals surface area contributed by atoms with Gasteiger partial charge in [0.25, 0.3) is 0 Å². The predicted octanol–water partition coefficient (Wildman–Crippen LogP) is 3.10. The summed E-state index contributed by atoms with van der Waals surface area (Å²) in [6.07, 6.45) is 9.37. The number of esters is 2. The maximum Gasteiger partial charge on any atom is 0.305 e. The summed E-state index contributed by atoms with van der Waals surface area (Å²) in [5.41, 5.74) is 0. The van der Waals surface area contributed by atoms with E-state index in [4.69, 9.17) is 23.7 Å². The molecule has 6 N–H and O–H groups in total. The SMILES string of the molecule is CCCCCC/C=C\CCCC(=O)OC[C@H]1O[C@@](CO)(O[C@H]2O[C@H](COC(=O)CCC/C=C\CCCCCC)[C@@H](O)[C@H](O)[C@H]2O)[C@@H](O)[C@@H]1O. The van der Waals surface area contributed by atoms with E-state index in [1.807, 2.05) is 12.2 Å². The van der Waals surface area contributed by atoms with Gasteiger partial charge in [0, 0.05) is 12.8 Å². The predicted molar refractivity (Wildman–Crippen MR) is 180 cm³/mol. The molecule has 0 bridgehead atoms. The highest BCUT2D eigenvalue weighted by Gasteiger charge is 2.58. The van der Waals surface area contributed by atoms with E-state index in [1.54, 1.807) is 0 Å². The summed E-state index contributed by atoms with van der Waals surface area (Å²) in [5.74, 6) is -3.41. The van der Waals surface area contributed by atoms with Gasteiger partial charge in [0.15, 0.2) is 6.29 Å². The molecule has 0 spiro atoms. The molecule has 0 aromatic rings. The van der Waals surface area contributed by atoms with E-state index in [0.29, 0.717) is 25.7 Å². The lowest BCUT2D eigenvalue weighted by atomic mass is 9.99. The number of hydrogen-bond acceptors (Lipinski definition) is 13. The van der Waals surface area contributed by atoms with Crippen molar-refractivity contribution in [2.45, 2.75) is 171 Å². The minimum Gasteiger partial charge on any atom is -0.463 e. The largest absolute Gasteiger partial charge is 0.463 e. The fraction of sp³-hybridized carbons (Fsp3) is 0.833. The summed E-state index contributed by atoms with van der Waals surface area (Å²) < 4.78 is 27.3. The van der Waals surface area contributed by atoms with Crippen LogP contribution in [0.5, 0.6) is 0 Å². The summed E-state index contributed by atoms with van der Waals surface area (Å²) >= 11 is 0. The quantitative estimate of drug-likeness (QED) is 0.0461. The molecule has 2 rings (SSSR count). The topological polar surface area (TPSA) is 202 Å². The summed E-state index contributed by atoms with van der Waals surface area (Å²) in [6, 6.07) is 0. The number of allylic oxidation sites excluding steroid dienone is 4. The molecule has 0 radical (unpaired) electrons. The molecule has 0 aliphatic carbocycles. The molecule has 9 atom stereocenters. The van der Waals surface area contributed by atoms with Crippen LogP contribution >= 0.6 is 0 Å². The van der Waals surface area contributed by atoms with Gasteiger partial charge in [-0.2, -0.15) is 0 Å². The summed E-state index contributed by atoms with van der Waals surface area (Å²) in [4.78, 5) is 24.6. The Morgan fingerprint density at radius 2 is 1.12 bits per heavy atom. The Bertz CT molecular complexity index is 975. The number of carbonyl (C=O) groups is 2. The molecule has 0 aromatic heterocycles. The van der Waals surface area contributed by atoms with E-state index >= 15 is 0 Å². The highest BCUT2D eigenvalue weighted by molar-refractivity contribution is 5.69. The summed E-state index contributed by atoms with van der Waals surface area (Å²) in [6.45, 7) is 2.40. The number of rotatable bonds is 25. The van der Waals surface area contributed by atoms with Gasteiger partial charge in [0.1, 0.15) is 62.5 Å². The van der Waals surface area contributed by atoms with Gasteiger partial charge in [-0.1, -0.05) is 76.7 Å². The van der Waals surface area contributed by atoms with Crippen LogP contribution in [0.4, 0.5) is 0 Å². The highest BCUT2D eigenvalue weighted by Crippen LogP contribution is 2.36. The Balaban J connectivity index is 1.82. The zero-order valence-corrected chi connectivity index (χ0v) is 29.4. The lowest BCUT2D eigenvalue weighted by molar-refractivity contribution is -0.383. The van der Waals surface area contributed by atoms with Gasteiger partial charge >= 0.3 is 11.9 Å². The average molecular weight is 703 g/mol. The molecule has 284 valence electrons. The van der Waals surface area contributed by atoms with Crippen molar-refractivity contribution in [3.05, 3.63) is 24.3 Å². The van der Waals surface area contributed by atoms with Crippen molar-refractivity contribution in [1.82, 2.24) is 0 Å². The first kappa shape index (κ1) is 43.2. The third-order valence-corrected chi connectivity index (χ3v) is 8.81.